The molecule has 6 nitrogen and oxygen atoms in total. The molecule has 1 amide bonds. The summed E-state index contributed by atoms with van der Waals surface area (Å²) in [5, 5.41) is 4.00. The number of carbonyl (C=O) groups is 2. The molecule has 1 aliphatic rings. The number of pyridine rings is 1. The van der Waals surface area contributed by atoms with Crippen LogP contribution in [0, 0.1) is 11.8 Å². The van der Waals surface area contributed by atoms with Gasteiger partial charge in [0.2, 0.25) is 5.91 Å². The van der Waals surface area contributed by atoms with Crippen LogP contribution in [0.4, 0.5) is 5.69 Å². The lowest BCUT2D eigenvalue weighted by Gasteiger charge is -2.27. The molecule has 0 atom stereocenters. The van der Waals surface area contributed by atoms with E-state index in [4.69, 9.17) is 4.74 Å². The van der Waals surface area contributed by atoms with Crippen LogP contribution >= 0.6 is 0 Å². The molecule has 0 unspecified atom stereocenters. The summed E-state index contributed by atoms with van der Waals surface area (Å²) in [6.07, 6.45) is 5.49. The van der Waals surface area contributed by atoms with Crippen LogP contribution < -0.4 is 5.32 Å². The molecular formula is C23H25N3O3. The summed E-state index contributed by atoms with van der Waals surface area (Å²) < 4.78 is 4.75. The fourth-order valence-corrected chi connectivity index (χ4v) is 4.09. The molecule has 4 rings (SSSR count). The average molecular weight is 391 g/mol. The van der Waals surface area contributed by atoms with Gasteiger partial charge in [-0.25, -0.2) is 4.98 Å². The highest BCUT2D eigenvalue weighted by Crippen LogP contribution is 2.33. The van der Waals surface area contributed by atoms with Crippen molar-refractivity contribution in [2.24, 2.45) is 11.8 Å². The van der Waals surface area contributed by atoms with Gasteiger partial charge in [0.05, 0.1) is 12.8 Å². The summed E-state index contributed by atoms with van der Waals surface area (Å²) in [7, 11) is 1.42. The van der Waals surface area contributed by atoms with Crippen molar-refractivity contribution in [1.29, 1.82) is 0 Å². The second kappa shape index (κ2) is 8.47. The monoisotopic (exact) mass is 391 g/mol. The summed E-state index contributed by atoms with van der Waals surface area (Å²) in [5.74, 6) is 0.159. The van der Waals surface area contributed by atoms with Crippen molar-refractivity contribution < 1.29 is 14.3 Å². The lowest BCUT2D eigenvalue weighted by molar-refractivity contribution is -0.142. The maximum Gasteiger partial charge on any atom is 0.305 e. The van der Waals surface area contributed by atoms with Crippen molar-refractivity contribution in [3.05, 3.63) is 48.7 Å². The van der Waals surface area contributed by atoms with Gasteiger partial charge in [-0.2, -0.15) is 0 Å². The fourth-order valence-electron chi connectivity index (χ4n) is 4.09. The lowest BCUT2D eigenvalue weighted by Crippen LogP contribution is -2.28. The largest absolute Gasteiger partial charge is 0.469 e. The number of aromatic nitrogens is 2. The van der Waals surface area contributed by atoms with Crippen LogP contribution in [0.25, 0.3) is 22.3 Å². The van der Waals surface area contributed by atoms with E-state index in [1.165, 1.54) is 7.11 Å². The third kappa shape index (κ3) is 4.31. The molecule has 0 aliphatic heterocycles. The Morgan fingerprint density at radius 2 is 1.90 bits per heavy atom. The van der Waals surface area contributed by atoms with E-state index in [-0.39, 0.29) is 17.8 Å². The van der Waals surface area contributed by atoms with Crippen LogP contribution in [0.5, 0.6) is 0 Å². The van der Waals surface area contributed by atoms with Gasteiger partial charge in [-0.15, -0.1) is 0 Å². The van der Waals surface area contributed by atoms with E-state index >= 15 is 0 Å². The number of anilines is 1. The van der Waals surface area contributed by atoms with Gasteiger partial charge >= 0.3 is 5.97 Å². The van der Waals surface area contributed by atoms with Crippen molar-refractivity contribution in [3.8, 4) is 11.3 Å². The van der Waals surface area contributed by atoms with E-state index < -0.39 is 0 Å². The van der Waals surface area contributed by atoms with E-state index in [1.54, 1.807) is 6.20 Å². The molecule has 0 spiro atoms. The Kier molecular flexibility index (Phi) is 5.60. The van der Waals surface area contributed by atoms with Gasteiger partial charge in [0.15, 0.2) is 0 Å². The van der Waals surface area contributed by atoms with Crippen LogP contribution in [0.15, 0.2) is 48.7 Å². The van der Waals surface area contributed by atoms with E-state index in [9.17, 15) is 9.59 Å². The number of ether oxygens (including phenoxy) is 1. The zero-order valence-corrected chi connectivity index (χ0v) is 16.5. The Hall–Kier alpha value is -3.15. The molecule has 2 heterocycles. The van der Waals surface area contributed by atoms with E-state index in [2.05, 4.69) is 15.3 Å². The number of hydrogen-bond acceptors (Lipinski definition) is 4. The maximum atomic E-state index is 12.8. The minimum Gasteiger partial charge on any atom is -0.469 e. The number of H-pyrrole nitrogens is 1. The summed E-state index contributed by atoms with van der Waals surface area (Å²) in [4.78, 5) is 32.0. The molecule has 6 heteroatoms. The topological polar surface area (TPSA) is 84.1 Å². The minimum atomic E-state index is -0.168. The second-order valence-electron chi connectivity index (χ2n) is 7.66. The first-order valence-corrected chi connectivity index (χ1v) is 10.0. The molecule has 0 saturated heterocycles. The molecule has 2 aromatic heterocycles. The van der Waals surface area contributed by atoms with Gasteiger partial charge in [0, 0.05) is 29.6 Å². The molecule has 1 fully saturated rings. The van der Waals surface area contributed by atoms with Gasteiger partial charge in [0.25, 0.3) is 0 Å². The first-order chi connectivity index (χ1) is 14.1. The maximum absolute atomic E-state index is 12.8. The van der Waals surface area contributed by atoms with Crippen LogP contribution in [0.3, 0.4) is 0 Å². The molecule has 1 aliphatic carbocycles. The quantitative estimate of drug-likeness (QED) is 0.626. The van der Waals surface area contributed by atoms with Crippen LogP contribution in [-0.2, 0) is 14.3 Å². The van der Waals surface area contributed by atoms with E-state index in [0.29, 0.717) is 12.3 Å². The van der Waals surface area contributed by atoms with Crippen LogP contribution in [0.2, 0.25) is 0 Å². The SMILES string of the molecule is COC(=O)CC1CCC(C(=O)Nc2ccnc3[nH]c(-c4ccccc4)cc23)CC1. The summed E-state index contributed by atoms with van der Waals surface area (Å²) in [6.45, 7) is 0. The molecule has 0 radical (unpaired) electrons. The third-order valence-electron chi connectivity index (χ3n) is 5.78. The molecule has 1 aromatic carbocycles. The smallest absolute Gasteiger partial charge is 0.305 e. The fraction of sp³-hybridized carbons (Fsp3) is 0.348. The van der Waals surface area contributed by atoms with Gasteiger partial charge in [-0.05, 0) is 49.3 Å². The van der Waals surface area contributed by atoms with Gasteiger partial charge < -0.3 is 15.0 Å². The molecule has 150 valence electrons. The summed E-state index contributed by atoms with van der Waals surface area (Å²) in [5.41, 5.74) is 3.57. The van der Waals surface area contributed by atoms with Crippen molar-refractivity contribution in [2.45, 2.75) is 32.1 Å². The molecule has 2 N–H and O–H groups in total. The summed E-state index contributed by atoms with van der Waals surface area (Å²) >= 11 is 0. The molecular weight excluding hydrogens is 366 g/mol. The van der Waals surface area contributed by atoms with Gasteiger partial charge in [-0.1, -0.05) is 30.3 Å². The number of esters is 1. The first-order valence-electron chi connectivity index (χ1n) is 10.0. The van der Waals surface area contributed by atoms with Crippen molar-refractivity contribution >= 4 is 28.6 Å². The number of methoxy groups -OCH3 is 1. The first kappa shape index (κ1) is 19.2. The third-order valence-corrected chi connectivity index (χ3v) is 5.78. The molecule has 29 heavy (non-hydrogen) atoms. The molecule has 3 aromatic rings. The lowest BCUT2D eigenvalue weighted by atomic mass is 9.80. The summed E-state index contributed by atoms with van der Waals surface area (Å²) in [6, 6.07) is 13.9. The number of benzene rings is 1. The Balaban J connectivity index is 1.45. The highest BCUT2D eigenvalue weighted by Gasteiger charge is 2.28. The molecule has 1 saturated carbocycles. The number of amides is 1. The second-order valence-corrected chi connectivity index (χ2v) is 7.66. The normalized spacial score (nSPS) is 19.1. The number of hydrogen-bond donors (Lipinski definition) is 2. The van der Waals surface area contributed by atoms with E-state index in [1.807, 2.05) is 42.5 Å². The number of fused-ring (bicyclic) bond motifs is 1. The average Bonchev–Trinajstić information content (AvgIpc) is 3.20. The van der Waals surface area contributed by atoms with Crippen molar-refractivity contribution in [3.63, 3.8) is 0 Å². The molecule has 0 bridgehead atoms. The Labute approximate surface area is 169 Å². The van der Waals surface area contributed by atoms with Crippen LogP contribution in [0.1, 0.15) is 32.1 Å². The van der Waals surface area contributed by atoms with Crippen LogP contribution in [-0.4, -0.2) is 29.0 Å². The number of nitrogens with one attached hydrogen (secondary N) is 2. The zero-order valence-electron chi connectivity index (χ0n) is 16.5. The minimum absolute atomic E-state index is 0.0281. The Morgan fingerprint density at radius 1 is 1.14 bits per heavy atom. The van der Waals surface area contributed by atoms with Gasteiger partial charge in [0.1, 0.15) is 5.65 Å². The Bertz CT molecular complexity index is 1000. The predicted molar refractivity (Wildman–Crippen MR) is 112 cm³/mol. The number of carbonyl (C=O) groups excluding carboxylic acids is 2. The highest BCUT2D eigenvalue weighted by molar-refractivity contribution is 6.02. The van der Waals surface area contributed by atoms with Crippen molar-refractivity contribution in [2.75, 3.05) is 12.4 Å². The highest BCUT2D eigenvalue weighted by atomic mass is 16.5. The zero-order chi connectivity index (χ0) is 20.2. The number of rotatable bonds is 5. The van der Waals surface area contributed by atoms with Gasteiger partial charge in [-0.3, -0.25) is 9.59 Å². The van der Waals surface area contributed by atoms with E-state index in [0.717, 1.165) is 53.7 Å². The van der Waals surface area contributed by atoms with Crippen molar-refractivity contribution in [1.82, 2.24) is 9.97 Å². The Morgan fingerprint density at radius 3 is 2.62 bits per heavy atom. The number of aromatic amines is 1. The predicted octanol–water partition coefficient (Wildman–Crippen LogP) is 4.54. The number of nitrogens with zero attached hydrogens (tertiary/aromatic N) is 1. The standard InChI is InChI=1S/C23H25N3O3/c1-29-21(27)13-15-7-9-17(10-8-15)23(28)26-19-11-12-24-22-18(19)14-20(25-22)16-5-3-2-4-6-16/h2-6,11-12,14-15,17H,7-10,13H2,1H3,(H2,24,25,26,28).